The third-order valence-corrected chi connectivity index (χ3v) is 1.53. The SMILES string of the molecule is C#CCC(CC)NCCC#N. The molecule has 0 aliphatic rings. The Kier molecular flexibility index (Phi) is 6.48. The van der Waals surface area contributed by atoms with Crippen molar-refractivity contribution in [3.8, 4) is 18.4 Å². The number of nitriles is 1. The Hall–Kier alpha value is -0.990. The maximum Gasteiger partial charge on any atom is 0.0635 e. The van der Waals surface area contributed by atoms with Gasteiger partial charge in [0, 0.05) is 25.4 Å². The molecule has 1 unspecified atom stereocenters. The Balaban J connectivity index is 3.39. The minimum absolute atomic E-state index is 0.383. The molecule has 0 aromatic heterocycles. The summed E-state index contributed by atoms with van der Waals surface area (Å²) in [5.41, 5.74) is 0. The van der Waals surface area contributed by atoms with E-state index in [9.17, 15) is 0 Å². The van der Waals surface area contributed by atoms with E-state index >= 15 is 0 Å². The Morgan fingerprint density at radius 3 is 2.82 bits per heavy atom. The summed E-state index contributed by atoms with van der Waals surface area (Å²) >= 11 is 0. The Bertz CT molecular complexity index is 161. The van der Waals surface area contributed by atoms with Crippen molar-refractivity contribution in [3.05, 3.63) is 0 Å². The fourth-order valence-corrected chi connectivity index (χ4v) is 0.835. The van der Waals surface area contributed by atoms with Gasteiger partial charge in [-0.15, -0.1) is 12.3 Å². The molecule has 60 valence electrons. The van der Waals surface area contributed by atoms with Crippen LogP contribution >= 0.6 is 0 Å². The van der Waals surface area contributed by atoms with Crippen molar-refractivity contribution in [3.63, 3.8) is 0 Å². The number of terminal acetylenes is 1. The second kappa shape index (κ2) is 7.12. The quantitative estimate of drug-likeness (QED) is 0.473. The van der Waals surface area contributed by atoms with E-state index in [1.165, 1.54) is 0 Å². The van der Waals surface area contributed by atoms with Gasteiger partial charge < -0.3 is 5.32 Å². The summed E-state index contributed by atoms with van der Waals surface area (Å²) in [6, 6.07) is 2.46. The van der Waals surface area contributed by atoms with Crippen LogP contribution in [-0.4, -0.2) is 12.6 Å². The van der Waals surface area contributed by atoms with Crippen LogP contribution in [0.5, 0.6) is 0 Å². The van der Waals surface area contributed by atoms with Crippen LogP contribution in [0.2, 0.25) is 0 Å². The maximum absolute atomic E-state index is 8.25. The predicted molar refractivity (Wildman–Crippen MR) is 45.8 cm³/mol. The Morgan fingerprint density at radius 2 is 2.36 bits per heavy atom. The fraction of sp³-hybridized carbons (Fsp3) is 0.667. The van der Waals surface area contributed by atoms with E-state index in [0.717, 1.165) is 19.4 Å². The minimum atomic E-state index is 0.383. The molecule has 2 nitrogen and oxygen atoms in total. The molecule has 0 radical (unpaired) electrons. The second-order valence-corrected chi connectivity index (χ2v) is 2.38. The molecule has 0 saturated carbocycles. The van der Waals surface area contributed by atoms with Gasteiger partial charge in [0.15, 0.2) is 0 Å². The average Bonchev–Trinajstić information content (AvgIpc) is 2.03. The molecule has 11 heavy (non-hydrogen) atoms. The Morgan fingerprint density at radius 1 is 1.64 bits per heavy atom. The first-order valence-electron chi connectivity index (χ1n) is 3.89. The van der Waals surface area contributed by atoms with Gasteiger partial charge in [-0.3, -0.25) is 0 Å². The molecule has 2 heteroatoms. The van der Waals surface area contributed by atoms with Gasteiger partial charge in [-0.05, 0) is 6.42 Å². The third-order valence-electron chi connectivity index (χ3n) is 1.53. The molecule has 1 atom stereocenters. The van der Waals surface area contributed by atoms with Crippen LogP contribution in [0.1, 0.15) is 26.2 Å². The normalized spacial score (nSPS) is 11.5. The highest BCUT2D eigenvalue weighted by molar-refractivity contribution is 4.89. The maximum atomic E-state index is 8.25. The van der Waals surface area contributed by atoms with Crippen LogP contribution in [0.4, 0.5) is 0 Å². The van der Waals surface area contributed by atoms with Gasteiger partial charge in [0.2, 0.25) is 0 Å². The minimum Gasteiger partial charge on any atom is -0.312 e. The first-order valence-corrected chi connectivity index (χ1v) is 3.89. The first-order chi connectivity index (χ1) is 5.35. The number of hydrogen-bond acceptors (Lipinski definition) is 2. The average molecular weight is 150 g/mol. The molecular formula is C9H14N2. The number of nitrogens with zero attached hydrogens (tertiary/aromatic N) is 1. The summed E-state index contributed by atoms with van der Waals surface area (Å²) in [6.07, 6.45) is 7.49. The van der Waals surface area contributed by atoms with E-state index in [2.05, 4.69) is 24.2 Å². The van der Waals surface area contributed by atoms with Gasteiger partial charge in [-0.2, -0.15) is 5.26 Å². The highest BCUT2D eigenvalue weighted by atomic mass is 14.9. The molecule has 0 saturated heterocycles. The number of rotatable bonds is 5. The topological polar surface area (TPSA) is 35.8 Å². The number of hydrogen-bond donors (Lipinski definition) is 1. The van der Waals surface area contributed by atoms with Crippen LogP contribution < -0.4 is 5.32 Å². The molecular weight excluding hydrogens is 136 g/mol. The van der Waals surface area contributed by atoms with Crippen molar-refractivity contribution >= 4 is 0 Å². The highest BCUT2D eigenvalue weighted by Gasteiger charge is 2.00. The van der Waals surface area contributed by atoms with E-state index < -0.39 is 0 Å². The molecule has 1 N–H and O–H groups in total. The van der Waals surface area contributed by atoms with Crippen LogP contribution in [0.3, 0.4) is 0 Å². The lowest BCUT2D eigenvalue weighted by molar-refractivity contribution is 0.514. The lowest BCUT2D eigenvalue weighted by Crippen LogP contribution is -2.28. The summed E-state index contributed by atoms with van der Waals surface area (Å²) in [7, 11) is 0. The largest absolute Gasteiger partial charge is 0.312 e. The molecule has 0 heterocycles. The zero-order chi connectivity index (χ0) is 8.53. The second-order valence-electron chi connectivity index (χ2n) is 2.38. The van der Waals surface area contributed by atoms with Crippen molar-refractivity contribution in [1.29, 1.82) is 5.26 Å². The summed E-state index contributed by atoms with van der Waals surface area (Å²) in [5, 5.41) is 11.5. The highest BCUT2D eigenvalue weighted by Crippen LogP contribution is 1.95. The molecule has 0 aromatic carbocycles. The van der Waals surface area contributed by atoms with Gasteiger partial charge in [0.05, 0.1) is 6.07 Å². The van der Waals surface area contributed by atoms with Crippen LogP contribution in [0.25, 0.3) is 0 Å². The van der Waals surface area contributed by atoms with Crippen molar-refractivity contribution < 1.29 is 0 Å². The van der Waals surface area contributed by atoms with E-state index in [1.54, 1.807) is 0 Å². The molecule has 0 rings (SSSR count). The molecule has 0 fully saturated rings. The van der Waals surface area contributed by atoms with Gasteiger partial charge in [-0.25, -0.2) is 0 Å². The summed E-state index contributed by atoms with van der Waals surface area (Å²) in [5.74, 6) is 2.60. The van der Waals surface area contributed by atoms with E-state index in [-0.39, 0.29) is 0 Å². The van der Waals surface area contributed by atoms with E-state index in [1.807, 2.05) is 0 Å². The summed E-state index contributed by atoms with van der Waals surface area (Å²) in [4.78, 5) is 0. The van der Waals surface area contributed by atoms with Crippen LogP contribution in [-0.2, 0) is 0 Å². The van der Waals surface area contributed by atoms with Crippen LogP contribution in [0.15, 0.2) is 0 Å². The molecule has 0 aromatic rings. The lowest BCUT2D eigenvalue weighted by Gasteiger charge is -2.11. The summed E-state index contributed by atoms with van der Waals surface area (Å²) < 4.78 is 0. The summed E-state index contributed by atoms with van der Waals surface area (Å²) in [6.45, 7) is 2.83. The molecule has 0 aliphatic carbocycles. The van der Waals surface area contributed by atoms with Crippen molar-refractivity contribution in [2.24, 2.45) is 0 Å². The lowest BCUT2D eigenvalue weighted by atomic mass is 10.1. The third kappa shape index (κ3) is 5.45. The number of nitrogens with one attached hydrogen (secondary N) is 1. The van der Waals surface area contributed by atoms with Crippen molar-refractivity contribution in [2.75, 3.05) is 6.54 Å². The zero-order valence-corrected chi connectivity index (χ0v) is 6.93. The fourth-order valence-electron chi connectivity index (χ4n) is 0.835. The van der Waals surface area contributed by atoms with Gasteiger partial charge in [0.25, 0.3) is 0 Å². The molecule has 0 aliphatic heterocycles. The van der Waals surface area contributed by atoms with Crippen molar-refractivity contribution in [1.82, 2.24) is 5.32 Å². The van der Waals surface area contributed by atoms with Gasteiger partial charge in [-0.1, -0.05) is 6.92 Å². The van der Waals surface area contributed by atoms with Crippen LogP contribution in [0, 0.1) is 23.7 Å². The smallest absolute Gasteiger partial charge is 0.0635 e. The standard InChI is InChI=1S/C9H14N2/c1-3-6-9(4-2)11-8-5-7-10/h1,9,11H,4-6,8H2,2H3. The predicted octanol–water partition coefficient (Wildman–Crippen LogP) is 1.29. The monoisotopic (exact) mass is 150 g/mol. The van der Waals surface area contributed by atoms with E-state index in [4.69, 9.17) is 11.7 Å². The Labute approximate surface area is 68.6 Å². The van der Waals surface area contributed by atoms with E-state index in [0.29, 0.717) is 12.5 Å². The van der Waals surface area contributed by atoms with Gasteiger partial charge >= 0.3 is 0 Å². The van der Waals surface area contributed by atoms with Gasteiger partial charge in [0.1, 0.15) is 0 Å². The van der Waals surface area contributed by atoms with Crippen molar-refractivity contribution in [2.45, 2.75) is 32.2 Å². The molecule has 0 amide bonds. The molecule has 0 bridgehead atoms. The molecule has 0 spiro atoms. The first kappa shape index (κ1) is 10.0. The zero-order valence-electron chi connectivity index (χ0n) is 6.93.